The largest absolute Gasteiger partial charge is 0.383 e. The lowest BCUT2D eigenvalue weighted by Crippen LogP contribution is -2.26. The van der Waals surface area contributed by atoms with Gasteiger partial charge in [0.2, 0.25) is 5.91 Å². The van der Waals surface area contributed by atoms with Crippen LogP contribution in [0.3, 0.4) is 0 Å². The number of methoxy groups -OCH3 is 1. The first-order valence-electron chi connectivity index (χ1n) is 9.52. The number of anilines is 1. The zero-order valence-corrected chi connectivity index (χ0v) is 18.2. The van der Waals surface area contributed by atoms with E-state index in [-0.39, 0.29) is 17.2 Å². The molecule has 7 nitrogen and oxygen atoms in total. The maximum atomic E-state index is 13.0. The topological polar surface area (TPSA) is 86.1 Å². The van der Waals surface area contributed by atoms with Gasteiger partial charge in [0.1, 0.15) is 0 Å². The SMILES string of the molecule is COCCn1c(SCC(=O)Nc2cccc3ncccc23)nc2cc(Cl)ccc2c1=O. The molecule has 4 aromatic rings. The second-order valence-electron chi connectivity index (χ2n) is 6.72. The van der Waals surface area contributed by atoms with E-state index < -0.39 is 0 Å². The number of hydrogen-bond donors (Lipinski definition) is 1. The average Bonchev–Trinajstić information content (AvgIpc) is 2.77. The van der Waals surface area contributed by atoms with Gasteiger partial charge in [0.05, 0.1) is 41.0 Å². The van der Waals surface area contributed by atoms with Crippen molar-refractivity contribution in [2.75, 3.05) is 24.8 Å². The molecule has 1 N–H and O–H groups in total. The number of nitrogens with zero attached hydrogens (tertiary/aromatic N) is 3. The quantitative estimate of drug-likeness (QED) is 0.336. The zero-order valence-electron chi connectivity index (χ0n) is 16.7. The number of aromatic nitrogens is 3. The smallest absolute Gasteiger partial charge is 0.262 e. The molecule has 0 bridgehead atoms. The van der Waals surface area contributed by atoms with Crippen molar-refractivity contribution in [1.82, 2.24) is 14.5 Å². The molecule has 0 aliphatic rings. The summed E-state index contributed by atoms with van der Waals surface area (Å²) in [6.07, 6.45) is 1.71. The zero-order chi connectivity index (χ0) is 21.8. The van der Waals surface area contributed by atoms with Gasteiger partial charge >= 0.3 is 0 Å². The highest BCUT2D eigenvalue weighted by molar-refractivity contribution is 7.99. The lowest BCUT2D eigenvalue weighted by Gasteiger charge is -2.13. The molecule has 0 saturated carbocycles. The Morgan fingerprint density at radius 2 is 2.03 bits per heavy atom. The summed E-state index contributed by atoms with van der Waals surface area (Å²) >= 11 is 7.26. The fraction of sp³-hybridized carbons (Fsp3) is 0.182. The van der Waals surface area contributed by atoms with Gasteiger partial charge < -0.3 is 10.1 Å². The summed E-state index contributed by atoms with van der Waals surface area (Å²) in [7, 11) is 1.57. The second-order valence-corrected chi connectivity index (χ2v) is 8.10. The van der Waals surface area contributed by atoms with Gasteiger partial charge in [0.25, 0.3) is 5.56 Å². The molecule has 0 spiro atoms. The van der Waals surface area contributed by atoms with Gasteiger partial charge in [-0.2, -0.15) is 0 Å². The summed E-state index contributed by atoms with van der Waals surface area (Å²) in [6, 6.07) is 14.3. The van der Waals surface area contributed by atoms with Gasteiger partial charge in [0.15, 0.2) is 5.16 Å². The van der Waals surface area contributed by atoms with Crippen molar-refractivity contribution >= 4 is 56.8 Å². The fourth-order valence-corrected chi connectivity index (χ4v) is 4.18. The third-order valence-corrected chi connectivity index (χ3v) is 5.86. The van der Waals surface area contributed by atoms with E-state index in [2.05, 4.69) is 15.3 Å². The molecule has 0 saturated heterocycles. The summed E-state index contributed by atoms with van der Waals surface area (Å²) in [5.74, 6) is -0.123. The van der Waals surface area contributed by atoms with Gasteiger partial charge in [-0.15, -0.1) is 0 Å². The van der Waals surface area contributed by atoms with E-state index >= 15 is 0 Å². The van der Waals surface area contributed by atoms with Crippen LogP contribution < -0.4 is 10.9 Å². The molecule has 0 aliphatic heterocycles. The van der Waals surface area contributed by atoms with Gasteiger partial charge in [-0.05, 0) is 42.5 Å². The minimum absolute atomic E-state index is 0.0855. The van der Waals surface area contributed by atoms with Crippen molar-refractivity contribution < 1.29 is 9.53 Å². The van der Waals surface area contributed by atoms with Crippen molar-refractivity contribution in [1.29, 1.82) is 0 Å². The molecule has 0 atom stereocenters. The van der Waals surface area contributed by atoms with Crippen LogP contribution in [0.15, 0.2) is 64.7 Å². The number of fused-ring (bicyclic) bond motifs is 2. The van der Waals surface area contributed by atoms with Crippen molar-refractivity contribution in [3.63, 3.8) is 0 Å². The van der Waals surface area contributed by atoms with Crippen LogP contribution in [0.4, 0.5) is 5.69 Å². The molecule has 0 radical (unpaired) electrons. The number of thioether (sulfide) groups is 1. The standard InChI is InChI=1S/C22H19ClN4O3S/c1-30-11-10-27-21(29)16-8-7-14(23)12-19(16)26-22(27)31-13-20(28)25-18-6-2-5-17-15(18)4-3-9-24-17/h2-9,12H,10-11,13H2,1H3,(H,25,28). The molecule has 1 amide bonds. The summed E-state index contributed by atoms with van der Waals surface area (Å²) in [6.45, 7) is 0.684. The summed E-state index contributed by atoms with van der Waals surface area (Å²) in [5.41, 5.74) is 1.79. The van der Waals surface area contributed by atoms with Crippen LogP contribution in [0.25, 0.3) is 21.8 Å². The van der Waals surface area contributed by atoms with Crippen LogP contribution in [0.2, 0.25) is 5.02 Å². The van der Waals surface area contributed by atoms with Gasteiger partial charge in [0, 0.05) is 23.7 Å². The summed E-state index contributed by atoms with van der Waals surface area (Å²) in [4.78, 5) is 34.5. The fourth-order valence-electron chi connectivity index (χ4n) is 3.19. The predicted molar refractivity (Wildman–Crippen MR) is 124 cm³/mol. The molecular formula is C22H19ClN4O3S. The minimum Gasteiger partial charge on any atom is -0.383 e. The lowest BCUT2D eigenvalue weighted by molar-refractivity contribution is -0.113. The number of hydrogen-bond acceptors (Lipinski definition) is 6. The Morgan fingerprint density at radius 3 is 2.87 bits per heavy atom. The van der Waals surface area contributed by atoms with Crippen molar-refractivity contribution in [2.24, 2.45) is 0 Å². The first kappa shape index (κ1) is 21.3. The molecule has 2 aromatic heterocycles. The number of pyridine rings is 1. The second kappa shape index (κ2) is 9.47. The third kappa shape index (κ3) is 4.71. The molecule has 0 aliphatic carbocycles. The van der Waals surface area contributed by atoms with Crippen LogP contribution in [0.1, 0.15) is 0 Å². The number of ether oxygens (including phenoxy) is 1. The number of nitrogens with one attached hydrogen (secondary N) is 1. The Kier molecular flexibility index (Phi) is 6.50. The van der Waals surface area contributed by atoms with Crippen molar-refractivity contribution in [3.8, 4) is 0 Å². The van der Waals surface area contributed by atoms with E-state index in [1.807, 2.05) is 30.3 Å². The highest BCUT2D eigenvalue weighted by Crippen LogP contribution is 2.23. The normalized spacial score (nSPS) is 11.2. The van der Waals surface area contributed by atoms with Crippen LogP contribution in [-0.4, -0.2) is 39.9 Å². The third-order valence-electron chi connectivity index (χ3n) is 4.65. The van der Waals surface area contributed by atoms with Crippen LogP contribution >= 0.6 is 23.4 Å². The van der Waals surface area contributed by atoms with Gasteiger partial charge in [-0.25, -0.2) is 4.98 Å². The highest BCUT2D eigenvalue weighted by Gasteiger charge is 2.14. The Hall–Kier alpha value is -2.94. The number of benzene rings is 2. The molecule has 9 heteroatoms. The molecule has 2 aromatic carbocycles. The van der Waals surface area contributed by atoms with Crippen molar-refractivity contribution in [2.45, 2.75) is 11.7 Å². The molecule has 0 unspecified atom stereocenters. The molecule has 158 valence electrons. The Bertz CT molecular complexity index is 1320. The molecule has 4 rings (SSSR count). The number of amides is 1. The van der Waals surface area contributed by atoms with Crippen LogP contribution in [-0.2, 0) is 16.1 Å². The summed E-state index contributed by atoms with van der Waals surface area (Å²) in [5, 5.41) is 5.18. The predicted octanol–water partition coefficient (Wildman–Crippen LogP) is 3.98. The van der Waals surface area contributed by atoms with E-state index in [0.29, 0.717) is 39.9 Å². The first-order valence-corrected chi connectivity index (χ1v) is 10.9. The van der Waals surface area contributed by atoms with Crippen LogP contribution in [0.5, 0.6) is 0 Å². The van der Waals surface area contributed by atoms with E-state index in [1.54, 1.807) is 31.5 Å². The minimum atomic E-state index is -0.208. The molecule has 31 heavy (non-hydrogen) atoms. The Morgan fingerprint density at radius 1 is 1.16 bits per heavy atom. The number of halogens is 1. The highest BCUT2D eigenvalue weighted by atomic mass is 35.5. The maximum Gasteiger partial charge on any atom is 0.262 e. The summed E-state index contributed by atoms with van der Waals surface area (Å²) < 4.78 is 6.66. The molecule has 0 fully saturated rings. The number of carbonyl (C=O) groups excluding carboxylic acids is 1. The first-order chi connectivity index (χ1) is 15.1. The Balaban J connectivity index is 1.58. The maximum absolute atomic E-state index is 13.0. The Labute approximate surface area is 187 Å². The van der Waals surface area contributed by atoms with E-state index in [9.17, 15) is 9.59 Å². The van der Waals surface area contributed by atoms with Crippen molar-refractivity contribution in [3.05, 3.63) is 70.1 Å². The lowest BCUT2D eigenvalue weighted by atomic mass is 10.2. The van der Waals surface area contributed by atoms with E-state index in [4.69, 9.17) is 16.3 Å². The number of carbonyl (C=O) groups is 1. The van der Waals surface area contributed by atoms with Gasteiger partial charge in [-0.1, -0.05) is 29.4 Å². The van der Waals surface area contributed by atoms with Gasteiger partial charge in [-0.3, -0.25) is 19.1 Å². The molecule has 2 heterocycles. The van der Waals surface area contributed by atoms with E-state index in [0.717, 1.165) is 10.9 Å². The number of rotatable bonds is 7. The monoisotopic (exact) mass is 454 g/mol. The average molecular weight is 455 g/mol. The van der Waals surface area contributed by atoms with Crippen LogP contribution in [0, 0.1) is 0 Å². The van der Waals surface area contributed by atoms with E-state index in [1.165, 1.54) is 16.3 Å². The molecular weight excluding hydrogens is 436 g/mol.